The van der Waals surface area contributed by atoms with Gasteiger partial charge in [-0.2, -0.15) is 0 Å². The standard InChI is InChI=1S/C11H11NO2S2/c1-2-3-8-16(13,14)11-12-9-6-4-5-7-10(9)15-11/h2-7H,8H2,1H3/b3-2+. The molecule has 16 heavy (non-hydrogen) atoms. The number of allylic oxidation sites excluding steroid dienone is 1. The second-order valence-corrected chi connectivity index (χ2v) is 6.54. The summed E-state index contributed by atoms with van der Waals surface area (Å²) >= 11 is 1.22. The van der Waals surface area contributed by atoms with Gasteiger partial charge in [0.1, 0.15) is 0 Å². The van der Waals surface area contributed by atoms with Gasteiger partial charge >= 0.3 is 0 Å². The van der Waals surface area contributed by atoms with Crippen molar-refractivity contribution in [3.05, 3.63) is 36.4 Å². The number of sulfone groups is 1. The quantitative estimate of drug-likeness (QED) is 0.790. The van der Waals surface area contributed by atoms with E-state index in [4.69, 9.17) is 0 Å². The molecule has 3 nitrogen and oxygen atoms in total. The zero-order chi connectivity index (χ0) is 11.6. The summed E-state index contributed by atoms with van der Waals surface area (Å²) in [5.41, 5.74) is 0.742. The fraction of sp³-hybridized carbons (Fsp3) is 0.182. The smallest absolute Gasteiger partial charge is 0.210 e. The summed E-state index contributed by atoms with van der Waals surface area (Å²) in [7, 11) is -3.26. The minimum Gasteiger partial charge on any atom is -0.225 e. The molecule has 0 fully saturated rings. The average Bonchev–Trinajstić information content (AvgIpc) is 2.71. The van der Waals surface area contributed by atoms with Crippen molar-refractivity contribution in [1.82, 2.24) is 4.98 Å². The van der Waals surface area contributed by atoms with E-state index in [9.17, 15) is 8.42 Å². The lowest BCUT2D eigenvalue weighted by molar-refractivity contribution is 0.598. The zero-order valence-corrected chi connectivity index (χ0v) is 10.4. The van der Waals surface area contributed by atoms with Gasteiger partial charge in [-0.15, -0.1) is 11.3 Å². The third-order valence-electron chi connectivity index (χ3n) is 2.09. The summed E-state index contributed by atoms with van der Waals surface area (Å²) in [6, 6.07) is 7.43. The number of rotatable bonds is 3. The van der Waals surface area contributed by atoms with Crippen LogP contribution in [0.4, 0.5) is 0 Å². The number of hydrogen-bond acceptors (Lipinski definition) is 4. The average molecular weight is 253 g/mol. The fourth-order valence-corrected chi connectivity index (χ4v) is 3.78. The second-order valence-electron chi connectivity index (χ2n) is 3.30. The first-order valence-corrected chi connectivity index (χ1v) is 7.30. The Bertz CT molecular complexity index is 593. The Hall–Kier alpha value is -1.20. The summed E-state index contributed by atoms with van der Waals surface area (Å²) < 4.78 is 24.8. The van der Waals surface area contributed by atoms with Crippen molar-refractivity contribution in [2.75, 3.05) is 5.75 Å². The van der Waals surface area contributed by atoms with Crippen LogP contribution in [0.5, 0.6) is 0 Å². The molecule has 1 aromatic heterocycles. The molecule has 0 aliphatic carbocycles. The largest absolute Gasteiger partial charge is 0.225 e. The van der Waals surface area contributed by atoms with Gasteiger partial charge < -0.3 is 0 Å². The molecule has 1 aromatic carbocycles. The molecular formula is C11H11NO2S2. The number of para-hydroxylation sites is 1. The van der Waals surface area contributed by atoms with Crippen molar-refractivity contribution in [2.24, 2.45) is 0 Å². The maximum Gasteiger partial charge on any atom is 0.210 e. The highest BCUT2D eigenvalue weighted by Crippen LogP contribution is 2.25. The minimum atomic E-state index is -3.26. The molecule has 0 atom stereocenters. The maximum absolute atomic E-state index is 11.9. The molecule has 0 unspecified atom stereocenters. The van der Waals surface area contributed by atoms with Crippen LogP contribution >= 0.6 is 11.3 Å². The van der Waals surface area contributed by atoms with Crippen molar-refractivity contribution in [1.29, 1.82) is 0 Å². The van der Waals surface area contributed by atoms with Gasteiger partial charge in [0, 0.05) is 0 Å². The molecule has 5 heteroatoms. The molecule has 84 valence electrons. The van der Waals surface area contributed by atoms with Gasteiger partial charge in [-0.3, -0.25) is 0 Å². The normalized spacial score (nSPS) is 12.6. The van der Waals surface area contributed by atoms with Gasteiger partial charge in [0.05, 0.1) is 16.0 Å². The topological polar surface area (TPSA) is 47.0 Å². The molecular weight excluding hydrogens is 242 g/mol. The molecule has 0 amide bonds. The Labute approximate surface area is 98.4 Å². The van der Waals surface area contributed by atoms with Crippen LogP contribution in [0.1, 0.15) is 6.92 Å². The Morgan fingerprint density at radius 1 is 1.38 bits per heavy atom. The van der Waals surface area contributed by atoms with E-state index in [0.29, 0.717) is 0 Å². The third-order valence-corrected chi connectivity index (χ3v) is 5.19. The van der Waals surface area contributed by atoms with Gasteiger partial charge in [0.2, 0.25) is 14.2 Å². The highest BCUT2D eigenvalue weighted by Gasteiger charge is 2.17. The van der Waals surface area contributed by atoms with Crippen LogP contribution in [0.3, 0.4) is 0 Å². The van der Waals surface area contributed by atoms with Crippen molar-refractivity contribution in [3.8, 4) is 0 Å². The molecule has 1 heterocycles. The van der Waals surface area contributed by atoms with Crippen molar-refractivity contribution < 1.29 is 8.42 Å². The van der Waals surface area contributed by atoms with Gasteiger partial charge in [-0.1, -0.05) is 24.3 Å². The van der Waals surface area contributed by atoms with E-state index in [1.165, 1.54) is 11.3 Å². The molecule has 0 N–H and O–H groups in total. The summed E-state index contributed by atoms with van der Waals surface area (Å²) in [6.07, 6.45) is 3.35. The van der Waals surface area contributed by atoms with Crippen LogP contribution < -0.4 is 0 Å². The van der Waals surface area contributed by atoms with E-state index in [1.807, 2.05) is 24.3 Å². The molecule has 2 rings (SSSR count). The lowest BCUT2D eigenvalue weighted by Crippen LogP contribution is -2.03. The minimum absolute atomic E-state index is 0.0172. The highest BCUT2D eigenvalue weighted by molar-refractivity contribution is 7.93. The Kier molecular flexibility index (Phi) is 3.07. The number of benzene rings is 1. The van der Waals surface area contributed by atoms with Crippen LogP contribution in [-0.2, 0) is 9.84 Å². The summed E-state index contributed by atoms with van der Waals surface area (Å²) in [6.45, 7) is 1.80. The molecule has 0 radical (unpaired) electrons. The first kappa shape index (κ1) is 11.3. The molecule has 0 saturated carbocycles. The summed E-state index contributed by atoms with van der Waals surface area (Å²) in [4.78, 5) is 4.13. The molecule has 0 aliphatic heterocycles. The maximum atomic E-state index is 11.9. The van der Waals surface area contributed by atoms with Gasteiger partial charge in [-0.25, -0.2) is 13.4 Å². The van der Waals surface area contributed by atoms with Crippen LogP contribution in [0, 0.1) is 0 Å². The van der Waals surface area contributed by atoms with Crippen LogP contribution in [0.25, 0.3) is 10.2 Å². The van der Waals surface area contributed by atoms with Crippen LogP contribution in [-0.4, -0.2) is 19.2 Å². The van der Waals surface area contributed by atoms with E-state index in [1.54, 1.807) is 19.1 Å². The van der Waals surface area contributed by atoms with E-state index in [-0.39, 0.29) is 10.1 Å². The van der Waals surface area contributed by atoms with E-state index in [2.05, 4.69) is 4.98 Å². The molecule has 2 aromatic rings. The van der Waals surface area contributed by atoms with Gasteiger partial charge in [0.15, 0.2) is 0 Å². The summed E-state index contributed by atoms with van der Waals surface area (Å²) in [5, 5.41) is 0. The Morgan fingerprint density at radius 2 is 2.12 bits per heavy atom. The fourth-order valence-electron chi connectivity index (χ4n) is 1.28. The predicted molar refractivity (Wildman–Crippen MR) is 66.5 cm³/mol. The number of thiazole rings is 1. The SMILES string of the molecule is C/C=C/CS(=O)(=O)c1nc2ccccc2s1. The Morgan fingerprint density at radius 3 is 2.81 bits per heavy atom. The zero-order valence-electron chi connectivity index (χ0n) is 8.75. The lowest BCUT2D eigenvalue weighted by Gasteiger charge is -1.93. The van der Waals surface area contributed by atoms with E-state index < -0.39 is 9.84 Å². The third kappa shape index (κ3) is 2.15. The van der Waals surface area contributed by atoms with E-state index in [0.717, 1.165) is 10.2 Å². The number of nitrogens with zero attached hydrogens (tertiary/aromatic N) is 1. The molecule has 0 aliphatic rings. The van der Waals surface area contributed by atoms with Crippen LogP contribution in [0.2, 0.25) is 0 Å². The lowest BCUT2D eigenvalue weighted by atomic mass is 10.3. The molecule has 0 bridgehead atoms. The first-order valence-electron chi connectivity index (χ1n) is 4.83. The predicted octanol–water partition coefficient (Wildman–Crippen LogP) is 2.65. The van der Waals surface area contributed by atoms with Crippen molar-refractivity contribution >= 4 is 31.4 Å². The van der Waals surface area contributed by atoms with Crippen molar-refractivity contribution in [3.63, 3.8) is 0 Å². The van der Waals surface area contributed by atoms with Gasteiger partial charge in [-0.05, 0) is 19.1 Å². The van der Waals surface area contributed by atoms with Crippen molar-refractivity contribution in [2.45, 2.75) is 11.3 Å². The van der Waals surface area contributed by atoms with E-state index >= 15 is 0 Å². The molecule has 0 spiro atoms. The first-order chi connectivity index (χ1) is 7.63. The summed E-state index contributed by atoms with van der Waals surface area (Å²) in [5.74, 6) is 0.0172. The Balaban J connectivity index is 2.47. The number of hydrogen-bond donors (Lipinski definition) is 0. The number of aromatic nitrogens is 1. The van der Waals surface area contributed by atoms with Gasteiger partial charge in [0.25, 0.3) is 0 Å². The number of fused-ring (bicyclic) bond motifs is 1. The molecule has 0 saturated heterocycles. The van der Waals surface area contributed by atoms with Crippen LogP contribution in [0.15, 0.2) is 40.8 Å². The monoisotopic (exact) mass is 253 g/mol. The second kappa shape index (κ2) is 4.35. The highest BCUT2D eigenvalue weighted by atomic mass is 32.2.